The van der Waals surface area contributed by atoms with Crippen LogP contribution in [0.25, 0.3) is 0 Å². The number of anilines is 2. The minimum Gasteiger partial charge on any atom is -0.380 e. The molecule has 0 radical (unpaired) electrons. The number of carbonyl (C=O) groups excluding carboxylic acids is 2. The zero-order valence-corrected chi connectivity index (χ0v) is 23.4. The van der Waals surface area contributed by atoms with Crippen molar-refractivity contribution < 1.29 is 19.8 Å². The Morgan fingerprint density at radius 1 is 0.750 bits per heavy atom. The Morgan fingerprint density at radius 2 is 1.10 bits per heavy atom. The van der Waals surface area contributed by atoms with Gasteiger partial charge < -0.3 is 30.6 Å². The number of benzene rings is 2. The van der Waals surface area contributed by atoms with Crippen molar-refractivity contribution in [1.29, 1.82) is 0 Å². The third-order valence-electron chi connectivity index (χ3n) is 10.8. The van der Waals surface area contributed by atoms with E-state index in [2.05, 4.69) is 23.8 Å². The Bertz CT molecular complexity index is 1420. The molecule has 0 spiro atoms. The van der Waals surface area contributed by atoms with Gasteiger partial charge in [0.2, 0.25) is 11.8 Å². The van der Waals surface area contributed by atoms with Crippen molar-refractivity contribution in [2.75, 3.05) is 10.6 Å². The molecule has 2 aromatic carbocycles. The van der Waals surface area contributed by atoms with E-state index < -0.39 is 45.4 Å². The van der Waals surface area contributed by atoms with E-state index in [1.807, 2.05) is 76.2 Å². The minimum atomic E-state index is -1.56. The average Bonchev–Trinajstić information content (AvgIpc) is 3.55. The van der Waals surface area contributed by atoms with Crippen molar-refractivity contribution in [2.45, 2.75) is 75.1 Å². The minimum absolute atomic E-state index is 0.0120. The Labute approximate surface area is 234 Å². The smallest absolute Gasteiger partial charge is 0.248 e. The molecular formula is C32H36N4O4. The summed E-state index contributed by atoms with van der Waals surface area (Å²) in [6.45, 7) is 15.8. The number of nitrogens with zero attached hydrogens (tertiary/aromatic N) is 2. The van der Waals surface area contributed by atoms with Gasteiger partial charge in [0.15, 0.2) is 11.3 Å². The van der Waals surface area contributed by atoms with Gasteiger partial charge in [0.25, 0.3) is 0 Å². The number of aliphatic hydroxyl groups is 2. The molecule has 0 aliphatic carbocycles. The van der Waals surface area contributed by atoms with Crippen LogP contribution in [0, 0.1) is 10.8 Å². The van der Waals surface area contributed by atoms with E-state index in [1.54, 1.807) is 22.0 Å². The molecule has 4 N–H and O–H groups in total. The Morgan fingerprint density at radius 3 is 1.45 bits per heavy atom. The number of hydrogen-bond acceptors (Lipinski definition) is 6. The van der Waals surface area contributed by atoms with E-state index in [1.165, 1.54) is 0 Å². The molecule has 4 unspecified atom stereocenters. The quantitative estimate of drug-likeness (QED) is 0.442. The molecule has 3 fully saturated rings. The van der Waals surface area contributed by atoms with Gasteiger partial charge in [0.1, 0.15) is 23.3 Å². The molecule has 0 saturated carbocycles. The van der Waals surface area contributed by atoms with Crippen LogP contribution < -0.4 is 10.6 Å². The van der Waals surface area contributed by atoms with E-state index >= 15 is 0 Å². The van der Waals surface area contributed by atoms with E-state index in [0.717, 1.165) is 11.4 Å². The summed E-state index contributed by atoms with van der Waals surface area (Å²) in [4.78, 5) is 32.9. The highest BCUT2D eigenvalue weighted by molar-refractivity contribution is 6.02. The van der Waals surface area contributed by atoms with Gasteiger partial charge in [-0.05, 0) is 12.1 Å². The SMILES string of the molecule is C=CC(C)(C)C12Nc3ccccc3C1(O)CC1C(=O)N3C(C[C@@]4(O)c5ccccc5N[C@@]34C(C)(C)C=C)C(=O)N12. The van der Waals surface area contributed by atoms with Gasteiger partial charge in [-0.15, -0.1) is 13.2 Å². The van der Waals surface area contributed by atoms with Gasteiger partial charge in [0, 0.05) is 46.2 Å². The van der Waals surface area contributed by atoms with Crippen LogP contribution in [-0.4, -0.2) is 55.2 Å². The second kappa shape index (κ2) is 7.17. The number of piperazine rings is 1. The summed E-state index contributed by atoms with van der Waals surface area (Å²) in [5.74, 6) is -0.616. The monoisotopic (exact) mass is 540 g/mol. The summed E-state index contributed by atoms with van der Waals surface area (Å²) in [5.41, 5.74) is -4.76. The molecule has 3 saturated heterocycles. The fourth-order valence-corrected chi connectivity index (χ4v) is 8.79. The number of amides is 2. The molecule has 2 aromatic rings. The topological polar surface area (TPSA) is 105 Å². The highest BCUT2D eigenvalue weighted by atomic mass is 16.3. The Hall–Kier alpha value is -3.62. The first-order valence-corrected chi connectivity index (χ1v) is 13.9. The van der Waals surface area contributed by atoms with Gasteiger partial charge >= 0.3 is 0 Å². The highest BCUT2D eigenvalue weighted by Crippen LogP contribution is 2.68. The lowest BCUT2D eigenvalue weighted by Crippen LogP contribution is -2.77. The maximum atomic E-state index is 14.9. The largest absolute Gasteiger partial charge is 0.380 e. The predicted molar refractivity (Wildman–Crippen MR) is 152 cm³/mol. The van der Waals surface area contributed by atoms with Crippen molar-refractivity contribution >= 4 is 23.2 Å². The van der Waals surface area contributed by atoms with E-state index in [9.17, 15) is 19.8 Å². The first-order valence-electron chi connectivity index (χ1n) is 13.9. The third-order valence-corrected chi connectivity index (χ3v) is 10.8. The molecule has 2 amide bonds. The molecule has 5 aliphatic rings. The fourth-order valence-electron chi connectivity index (χ4n) is 8.79. The maximum Gasteiger partial charge on any atom is 0.248 e. The molecule has 6 atom stereocenters. The van der Waals surface area contributed by atoms with Crippen LogP contribution in [0.2, 0.25) is 0 Å². The summed E-state index contributed by atoms with van der Waals surface area (Å²) < 4.78 is 0. The lowest BCUT2D eigenvalue weighted by atomic mass is 9.68. The van der Waals surface area contributed by atoms with Crippen molar-refractivity contribution in [1.82, 2.24) is 9.80 Å². The standard InChI is InChI=1S/C32H36N4O4/c1-7-27(3,4)31-29(39,19-13-9-11-15-21(19)33-31)17-23-26(38)36-24(25(37)35(23)31)18-30(40)20-14-10-12-16-22(20)34-32(30,36)28(5,6)8-2/h7-16,23-24,33-34,39-40H,1-2,17-18H2,3-6H3/t23?,24?,29-,30?,31+,32?/m1/s1. The van der Waals surface area contributed by atoms with Crippen LogP contribution >= 0.6 is 0 Å². The van der Waals surface area contributed by atoms with Crippen LogP contribution in [0.4, 0.5) is 11.4 Å². The van der Waals surface area contributed by atoms with Crippen LogP contribution in [0.5, 0.6) is 0 Å². The van der Waals surface area contributed by atoms with E-state index in [-0.39, 0.29) is 24.7 Å². The normalized spacial score (nSPS) is 37.0. The molecule has 40 heavy (non-hydrogen) atoms. The first kappa shape index (κ1) is 25.4. The third kappa shape index (κ3) is 2.32. The number of rotatable bonds is 4. The van der Waals surface area contributed by atoms with Crippen molar-refractivity contribution in [3.8, 4) is 0 Å². The van der Waals surface area contributed by atoms with Crippen LogP contribution in [0.3, 0.4) is 0 Å². The number of hydrogen-bond donors (Lipinski definition) is 4. The molecule has 8 nitrogen and oxygen atoms in total. The molecule has 0 bridgehead atoms. The van der Waals surface area contributed by atoms with Gasteiger partial charge in [-0.3, -0.25) is 9.59 Å². The summed E-state index contributed by atoms with van der Waals surface area (Å²) >= 11 is 0. The number of carbonyl (C=O) groups is 2. The molecule has 8 heteroatoms. The second-order valence-electron chi connectivity index (χ2n) is 13.2. The molecule has 5 heterocycles. The highest BCUT2D eigenvalue weighted by Gasteiger charge is 2.81. The van der Waals surface area contributed by atoms with Gasteiger partial charge in [-0.1, -0.05) is 76.2 Å². The van der Waals surface area contributed by atoms with Gasteiger partial charge in [0.05, 0.1) is 0 Å². The molecular weight excluding hydrogens is 504 g/mol. The molecule has 5 aliphatic heterocycles. The summed E-state index contributed by atoms with van der Waals surface area (Å²) in [6, 6.07) is 13.0. The second-order valence-corrected chi connectivity index (χ2v) is 13.2. The zero-order valence-electron chi connectivity index (χ0n) is 23.4. The summed E-state index contributed by atoms with van der Waals surface area (Å²) in [5, 5.41) is 32.3. The predicted octanol–water partition coefficient (Wildman–Crippen LogP) is 3.65. The van der Waals surface area contributed by atoms with Crippen LogP contribution in [0.15, 0.2) is 73.8 Å². The van der Waals surface area contributed by atoms with Crippen LogP contribution in [0.1, 0.15) is 51.7 Å². The maximum absolute atomic E-state index is 14.9. The van der Waals surface area contributed by atoms with Crippen molar-refractivity contribution in [3.05, 3.63) is 85.0 Å². The van der Waals surface area contributed by atoms with Crippen LogP contribution in [-0.2, 0) is 20.8 Å². The lowest BCUT2D eigenvalue weighted by Gasteiger charge is -2.57. The first-order chi connectivity index (χ1) is 18.8. The fraction of sp³-hybridized carbons (Fsp3) is 0.438. The van der Waals surface area contributed by atoms with E-state index in [4.69, 9.17) is 0 Å². The number of para-hydroxylation sites is 2. The molecule has 0 aromatic heterocycles. The average molecular weight is 541 g/mol. The lowest BCUT2D eigenvalue weighted by molar-refractivity contribution is -0.178. The Balaban J connectivity index is 1.46. The van der Waals surface area contributed by atoms with E-state index in [0.29, 0.717) is 11.1 Å². The van der Waals surface area contributed by atoms with Gasteiger partial charge in [-0.2, -0.15) is 0 Å². The van der Waals surface area contributed by atoms with Crippen molar-refractivity contribution in [3.63, 3.8) is 0 Å². The molecule has 7 rings (SSSR count). The molecule has 208 valence electrons. The van der Waals surface area contributed by atoms with Crippen molar-refractivity contribution in [2.24, 2.45) is 10.8 Å². The number of fused-ring (bicyclic) bond motifs is 10. The summed E-state index contributed by atoms with van der Waals surface area (Å²) in [7, 11) is 0. The van der Waals surface area contributed by atoms with Gasteiger partial charge in [-0.25, -0.2) is 0 Å². The summed E-state index contributed by atoms with van der Waals surface area (Å²) in [6.07, 6.45) is 3.50. The Kier molecular flexibility index (Phi) is 4.54. The zero-order chi connectivity index (χ0) is 28.7. The number of nitrogens with one attached hydrogen (secondary N) is 2.